The number of benzene rings is 2. The molecule has 2 aromatic carbocycles. The van der Waals surface area contributed by atoms with Crippen molar-refractivity contribution in [1.82, 2.24) is 4.90 Å². The van der Waals surface area contributed by atoms with Crippen LogP contribution in [0.15, 0.2) is 47.8 Å². The van der Waals surface area contributed by atoms with Crippen LogP contribution in [-0.4, -0.2) is 36.7 Å². The monoisotopic (exact) mass is 407 g/mol. The zero-order chi connectivity index (χ0) is 20.4. The highest BCUT2D eigenvalue weighted by molar-refractivity contribution is 7.12. The third-order valence-electron chi connectivity index (χ3n) is 5.62. The van der Waals surface area contributed by atoms with Gasteiger partial charge in [-0.3, -0.25) is 14.5 Å². The molecule has 1 aliphatic rings. The molecule has 2 heterocycles. The van der Waals surface area contributed by atoms with Gasteiger partial charge < -0.3 is 4.74 Å². The summed E-state index contributed by atoms with van der Waals surface area (Å²) in [5, 5.41) is 4.18. The molecule has 0 saturated carbocycles. The zero-order valence-electron chi connectivity index (χ0n) is 16.8. The second-order valence-corrected chi connectivity index (χ2v) is 8.65. The predicted octanol–water partition coefficient (Wildman–Crippen LogP) is 5.21. The fourth-order valence-corrected chi connectivity index (χ4v) is 4.86. The van der Waals surface area contributed by atoms with Crippen LogP contribution in [0.1, 0.15) is 45.4 Å². The lowest BCUT2D eigenvalue weighted by Crippen LogP contribution is -2.38. The molecule has 3 aromatic rings. The maximum atomic E-state index is 13.2. The van der Waals surface area contributed by atoms with Crippen molar-refractivity contribution in [2.45, 2.75) is 26.3 Å². The summed E-state index contributed by atoms with van der Waals surface area (Å²) >= 11 is 1.50. The van der Waals surface area contributed by atoms with E-state index in [2.05, 4.69) is 10.3 Å². The standard InChI is InChI=1S/C24H25NO3S/c1-16(26)23-10-17(15-29-23)13-25-9-3-4-21(14-25)24(27)20-6-5-19-12-22(28-2)8-7-18(19)11-20/h5-8,10-12,15,21H,3-4,9,13-14H2,1-2H3. The number of nitrogens with zero attached hydrogens (tertiary/aromatic N) is 1. The van der Waals surface area contributed by atoms with Gasteiger partial charge in [-0.1, -0.05) is 18.2 Å². The largest absolute Gasteiger partial charge is 0.497 e. The molecule has 1 saturated heterocycles. The van der Waals surface area contributed by atoms with Gasteiger partial charge in [0.1, 0.15) is 5.75 Å². The quantitative estimate of drug-likeness (QED) is 0.527. The minimum Gasteiger partial charge on any atom is -0.497 e. The average Bonchev–Trinajstić information content (AvgIpc) is 3.21. The molecule has 1 aliphatic heterocycles. The Kier molecular flexibility index (Phi) is 5.79. The smallest absolute Gasteiger partial charge is 0.169 e. The molecule has 1 atom stereocenters. The molecule has 0 N–H and O–H groups in total. The topological polar surface area (TPSA) is 46.6 Å². The maximum Gasteiger partial charge on any atom is 0.169 e. The molecule has 29 heavy (non-hydrogen) atoms. The van der Waals surface area contributed by atoms with Gasteiger partial charge in [0.05, 0.1) is 12.0 Å². The van der Waals surface area contributed by atoms with Crippen molar-refractivity contribution in [2.75, 3.05) is 20.2 Å². The normalized spacial score (nSPS) is 17.4. The Labute approximate surface area is 175 Å². The van der Waals surface area contributed by atoms with E-state index < -0.39 is 0 Å². The van der Waals surface area contributed by atoms with Crippen LogP contribution in [0.5, 0.6) is 5.75 Å². The summed E-state index contributed by atoms with van der Waals surface area (Å²) in [7, 11) is 1.66. The highest BCUT2D eigenvalue weighted by atomic mass is 32.1. The van der Waals surface area contributed by atoms with E-state index in [9.17, 15) is 9.59 Å². The summed E-state index contributed by atoms with van der Waals surface area (Å²) in [5.74, 6) is 1.18. The Morgan fingerprint density at radius 3 is 2.69 bits per heavy atom. The zero-order valence-corrected chi connectivity index (χ0v) is 17.6. The Bertz CT molecular complexity index is 1060. The summed E-state index contributed by atoms with van der Waals surface area (Å²) in [6.07, 6.45) is 1.95. The van der Waals surface area contributed by atoms with Crippen molar-refractivity contribution >= 4 is 33.7 Å². The van der Waals surface area contributed by atoms with Crippen molar-refractivity contribution in [1.29, 1.82) is 0 Å². The molecule has 1 fully saturated rings. The number of hydrogen-bond donors (Lipinski definition) is 0. The van der Waals surface area contributed by atoms with Gasteiger partial charge in [-0.2, -0.15) is 0 Å². The number of piperidine rings is 1. The third-order valence-corrected chi connectivity index (χ3v) is 6.70. The van der Waals surface area contributed by atoms with E-state index in [1.807, 2.05) is 42.5 Å². The number of fused-ring (bicyclic) bond motifs is 1. The predicted molar refractivity (Wildman–Crippen MR) is 117 cm³/mol. The molecular formula is C24H25NO3S. The SMILES string of the molecule is COc1ccc2cc(C(=O)C3CCCN(Cc4csc(C(C)=O)c4)C3)ccc2c1. The summed E-state index contributed by atoms with van der Waals surface area (Å²) < 4.78 is 5.28. The summed E-state index contributed by atoms with van der Waals surface area (Å²) in [5.41, 5.74) is 1.94. The molecule has 0 radical (unpaired) electrons. The number of Topliss-reactive ketones (excluding diaryl/α,β-unsaturated/α-hetero) is 2. The molecular weight excluding hydrogens is 382 g/mol. The second-order valence-electron chi connectivity index (χ2n) is 7.74. The van der Waals surface area contributed by atoms with Crippen LogP contribution in [0.3, 0.4) is 0 Å². The number of rotatable bonds is 6. The number of hydrogen-bond acceptors (Lipinski definition) is 5. The number of methoxy groups -OCH3 is 1. The first-order chi connectivity index (χ1) is 14.0. The van der Waals surface area contributed by atoms with Gasteiger partial charge >= 0.3 is 0 Å². The van der Waals surface area contributed by atoms with Gasteiger partial charge in [-0.15, -0.1) is 11.3 Å². The molecule has 1 aromatic heterocycles. The lowest BCUT2D eigenvalue weighted by Gasteiger charge is -2.31. The Hall–Kier alpha value is -2.50. The average molecular weight is 408 g/mol. The van der Waals surface area contributed by atoms with Crippen molar-refractivity contribution in [3.63, 3.8) is 0 Å². The van der Waals surface area contributed by atoms with Crippen LogP contribution in [0.2, 0.25) is 0 Å². The van der Waals surface area contributed by atoms with E-state index in [-0.39, 0.29) is 17.5 Å². The van der Waals surface area contributed by atoms with E-state index in [1.165, 1.54) is 11.3 Å². The second kappa shape index (κ2) is 8.47. The van der Waals surface area contributed by atoms with Gasteiger partial charge in [-0.25, -0.2) is 0 Å². The number of likely N-dealkylation sites (tertiary alicyclic amines) is 1. The van der Waals surface area contributed by atoms with Crippen LogP contribution >= 0.6 is 11.3 Å². The highest BCUT2D eigenvalue weighted by Crippen LogP contribution is 2.27. The Balaban J connectivity index is 1.46. The fraction of sp³-hybridized carbons (Fsp3) is 0.333. The highest BCUT2D eigenvalue weighted by Gasteiger charge is 2.27. The third kappa shape index (κ3) is 4.41. The molecule has 4 nitrogen and oxygen atoms in total. The first kappa shape index (κ1) is 19.8. The minimum atomic E-state index is 0.0189. The van der Waals surface area contributed by atoms with Crippen LogP contribution in [0.4, 0.5) is 0 Å². The van der Waals surface area contributed by atoms with Crippen LogP contribution in [0.25, 0.3) is 10.8 Å². The lowest BCUT2D eigenvalue weighted by atomic mass is 9.89. The summed E-state index contributed by atoms with van der Waals surface area (Å²) in [6, 6.07) is 13.8. The number of carbonyl (C=O) groups is 2. The Morgan fingerprint density at radius 1 is 1.14 bits per heavy atom. The molecule has 0 bridgehead atoms. The van der Waals surface area contributed by atoms with Crippen LogP contribution < -0.4 is 4.74 Å². The van der Waals surface area contributed by atoms with Gasteiger partial charge in [0, 0.05) is 24.6 Å². The number of ether oxygens (including phenoxy) is 1. The van der Waals surface area contributed by atoms with E-state index >= 15 is 0 Å². The first-order valence-electron chi connectivity index (χ1n) is 9.96. The molecule has 0 spiro atoms. The minimum absolute atomic E-state index is 0.0189. The molecule has 150 valence electrons. The van der Waals surface area contributed by atoms with Gasteiger partial charge in [0.15, 0.2) is 11.6 Å². The lowest BCUT2D eigenvalue weighted by molar-refractivity contribution is 0.0812. The van der Waals surface area contributed by atoms with E-state index in [0.29, 0.717) is 0 Å². The maximum absolute atomic E-state index is 13.2. The number of ketones is 2. The van der Waals surface area contributed by atoms with Crippen LogP contribution in [-0.2, 0) is 6.54 Å². The molecule has 0 amide bonds. The summed E-state index contributed by atoms with van der Waals surface area (Å²) in [4.78, 5) is 27.8. The molecule has 1 unspecified atom stereocenters. The van der Waals surface area contributed by atoms with Crippen molar-refractivity contribution in [3.8, 4) is 5.75 Å². The summed E-state index contributed by atoms with van der Waals surface area (Å²) in [6.45, 7) is 4.16. The first-order valence-corrected chi connectivity index (χ1v) is 10.8. The number of thiophene rings is 1. The van der Waals surface area contributed by atoms with Crippen LogP contribution in [0, 0.1) is 5.92 Å². The van der Waals surface area contributed by atoms with Crippen molar-refractivity contribution in [2.24, 2.45) is 5.92 Å². The van der Waals surface area contributed by atoms with Gasteiger partial charge in [-0.05, 0) is 72.3 Å². The molecule has 0 aliphatic carbocycles. The van der Waals surface area contributed by atoms with Gasteiger partial charge in [0.25, 0.3) is 0 Å². The number of carbonyl (C=O) groups excluding carboxylic acids is 2. The van der Waals surface area contributed by atoms with Crippen molar-refractivity contribution in [3.05, 3.63) is 63.8 Å². The van der Waals surface area contributed by atoms with E-state index in [4.69, 9.17) is 4.74 Å². The van der Waals surface area contributed by atoms with Gasteiger partial charge in [0.2, 0.25) is 0 Å². The fourth-order valence-electron chi connectivity index (χ4n) is 4.05. The van der Waals surface area contributed by atoms with E-state index in [0.717, 1.165) is 65.0 Å². The molecule has 5 heteroatoms. The van der Waals surface area contributed by atoms with Crippen molar-refractivity contribution < 1.29 is 14.3 Å². The Morgan fingerprint density at radius 2 is 1.93 bits per heavy atom. The molecule has 4 rings (SSSR count). The van der Waals surface area contributed by atoms with E-state index in [1.54, 1.807) is 14.0 Å².